The third kappa shape index (κ3) is 2.10. The van der Waals surface area contributed by atoms with Crippen LogP contribution in [0.15, 0.2) is 10.5 Å². The molecule has 1 aromatic heterocycles. The number of benzene rings is 1. The first-order chi connectivity index (χ1) is 8.97. The van der Waals surface area contributed by atoms with Crippen LogP contribution in [0.25, 0.3) is 11.1 Å². The number of hydrogen-bond acceptors (Lipinski definition) is 3. The van der Waals surface area contributed by atoms with Crippen molar-refractivity contribution in [2.45, 2.75) is 25.9 Å². The standard InChI is InChI=1S/C13H13F3N2O/c1-7-9-3-5-17-4-2-8(9)6-10-11(7)19-12(18-10)13(14,15)16/h6,17H,2-5H2,1H3. The zero-order chi connectivity index (χ0) is 13.6. The van der Waals surface area contributed by atoms with Crippen molar-refractivity contribution in [3.63, 3.8) is 0 Å². The van der Waals surface area contributed by atoms with Crippen LogP contribution in [0.4, 0.5) is 13.2 Å². The highest BCUT2D eigenvalue weighted by molar-refractivity contribution is 5.79. The summed E-state index contributed by atoms with van der Waals surface area (Å²) in [6, 6.07) is 1.73. The van der Waals surface area contributed by atoms with E-state index in [1.165, 1.54) is 0 Å². The molecule has 0 bridgehead atoms. The van der Waals surface area contributed by atoms with Crippen LogP contribution in [0.3, 0.4) is 0 Å². The van der Waals surface area contributed by atoms with Crippen molar-refractivity contribution in [3.8, 4) is 0 Å². The van der Waals surface area contributed by atoms with Crippen LogP contribution in [0, 0.1) is 6.92 Å². The molecule has 19 heavy (non-hydrogen) atoms. The number of aryl methyl sites for hydroxylation is 1. The average Bonchev–Trinajstić information content (AvgIpc) is 2.62. The highest BCUT2D eigenvalue weighted by Crippen LogP contribution is 2.34. The summed E-state index contributed by atoms with van der Waals surface area (Å²) in [7, 11) is 0. The van der Waals surface area contributed by atoms with Gasteiger partial charge in [-0.1, -0.05) is 0 Å². The number of alkyl halides is 3. The number of oxazole rings is 1. The molecule has 1 aromatic carbocycles. The molecule has 102 valence electrons. The molecule has 6 heteroatoms. The van der Waals surface area contributed by atoms with Crippen molar-refractivity contribution >= 4 is 11.1 Å². The third-order valence-corrected chi connectivity index (χ3v) is 3.51. The first-order valence-electron chi connectivity index (χ1n) is 6.16. The minimum absolute atomic E-state index is 0.257. The Kier molecular flexibility index (Phi) is 2.78. The lowest BCUT2D eigenvalue weighted by Gasteiger charge is -2.08. The molecule has 0 atom stereocenters. The van der Waals surface area contributed by atoms with Gasteiger partial charge in [-0.3, -0.25) is 0 Å². The van der Waals surface area contributed by atoms with Crippen LogP contribution in [-0.4, -0.2) is 18.1 Å². The molecule has 1 N–H and O–H groups in total. The average molecular weight is 270 g/mol. The SMILES string of the molecule is Cc1c2c(cc3nc(C(F)(F)F)oc13)CCNCC2. The van der Waals surface area contributed by atoms with Gasteiger partial charge < -0.3 is 9.73 Å². The Hall–Kier alpha value is -1.56. The van der Waals surface area contributed by atoms with Gasteiger partial charge in [-0.25, -0.2) is 4.98 Å². The van der Waals surface area contributed by atoms with Crippen molar-refractivity contribution in [1.82, 2.24) is 10.3 Å². The number of aromatic nitrogens is 1. The number of fused-ring (bicyclic) bond motifs is 2. The van der Waals surface area contributed by atoms with Crippen LogP contribution in [-0.2, 0) is 19.0 Å². The molecule has 2 heterocycles. The Morgan fingerprint density at radius 2 is 2.00 bits per heavy atom. The molecule has 0 radical (unpaired) electrons. The molecule has 0 spiro atoms. The minimum atomic E-state index is -4.54. The molecule has 0 saturated heterocycles. The molecule has 0 fully saturated rings. The van der Waals surface area contributed by atoms with Gasteiger partial charge in [0.1, 0.15) is 5.52 Å². The molecule has 0 aliphatic carbocycles. The second-order valence-electron chi connectivity index (χ2n) is 4.75. The monoisotopic (exact) mass is 270 g/mol. The van der Waals surface area contributed by atoms with Gasteiger partial charge in [0.2, 0.25) is 0 Å². The molecule has 3 rings (SSSR count). The van der Waals surface area contributed by atoms with Crippen molar-refractivity contribution in [1.29, 1.82) is 0 Å². The zero-order valence-electron chi connectivity index (χ0n) is 10.4. The summed E-state index contributed by atoms with van der Waals surface area (Å²) in [5, 5.41) is 3.27. The largest absolute Gasteiger partial charge is 0.468 e. The molecule has 0 saturated carbocycles. The van der Waals surface area contributed by atoms with E-state index in [0.717, 1.165) is 42.6 Å². The fourth-order valence-electron chi connectivity index (χ4n) is 2.58. The topological polar surface area (TPSA) is 38.1 Å². The van der Waals surface area contributed by atoms with Gasteiger partial charge in [0.25, 0.3) is 0 Å². The van der Waals surface area contributed by atoms with Crippen LogP contribution in [0.2, 0.25) is 0 Å². The molecule has 0 amide bonds. The van der Waals surface area contributed by atoms with E-state index in [2.05, 4.69) is 10.3 Å². The molecular formula is C13H13F3N2O. The Morgan fingerprint density at radius 1 is 1.26 bits per heavy atom. The maximum Gasteiger partial charge on any atom is 0.468 e. The van der Waals surface area contributed by atoms with Crippen LogP contribution in [0.1, 0.15) is 22.6 Å². The molecule has 0 unspecified atom stereocenters. The van der Waals surface area contributed by atoms with Gasteiger partial charge in [0.05, 0.1) is 0 Å². The van der Waals surface area contributed by atoms with E-state index in [1.54, 1.807) is 13.0 Å². The zero-order valence-corrected chi connectivity index (χ0v) is 10.4. The summed E-state index contributed by atoms with van der Waals surface area (Å²) in [6.07, 6.45) is -2.93. The lowest BCUT2D eigenvalue weighted by molar-refractivity contribution is -0.156. The quantitative estimate of drug-likeness (QED) is 0.800. The Morgan fingerprint density at radius 3 is 2.74 bits per heavy atom. The van der Waals surface area contributed by atoms with E-state index in [4.69, 9.17) is 4.42 Å². The van der Waals surface area contributed by atoms with E-state index >= 15 is 0 Å². The Labute approximate surface area is 107 Å². The molecule has 2 aromatic rings. The molecular weight excluding hydrogens is 257 g/mol. The second-order valence-corrected chi connectivity index (χ2v) is 4.75. The molecule has 1 aliphatic rings. The first kappa shape index (κ1) is 12.5. The Balaban J connectivity index is 2.21. The predicted molar refractivity (Wildman–Crippen MR) is 64.0 cm³/mol. The van der Waals surface area contributed by atoms with Gasteiger partial charge in [-0.05, 0) is 55.6 Å². The Bertz CT molecular complexity index is 631. The summed E-state index contributed by atoms with van der Waals surface area (Å²) in [5.41, 5.74) is 3.48. The van der Waals surface area contributed by atoms with Crippen molar-refractivity contribution in [3.05, 3.63) is 28.6 Å². The lowest BCUT2D eigenvalue weighted by atomic mass is 9.97. The number of halogens is 3. The molecule has 1 aliphatic heterocycles. The van der Waals surface area contributed by atoms with Crippen molar-refractivity contribution < 1.29 is 17.6 Å². The van der Waals surface area contributed by atoms with Gasteiger partial charge in [0, 0.05) is 0 Å². The van der Waals surface area contributed by atoms with E-state index in [-0.39, 0.29) is 5.58 Å². The summed E-state index contributed by atoms with van der Waals surface area (Å²) in [6.45, 7) is 3.47. The van der Waals surface area contributed by atoms with Crippen LogP contribution >= 0.6 is 0 Å². The lowest BCUT2D eigenvalue weighted by Crippen LogP contribution is -2.16. The van der Waals surface area contributed by atoms with Crippen LogP contribution < -0.4 is 5.32 Å². The summed E-state index contributed by atoms with van der Waals surface area (Å²) < 4.78 is 42.8. The van der Waals surface area contributed by atoms with Crippen LogP contribution in [0.5, 0.6) is 0 Å². The van der Waals surface area contributed by atoms with Gasteiger partial charge in [0.15, 0.2) is 5.58 Å². The maximum absolute atomic E-state index is 12.6. The molecule has 3 nitrogen and oxygen atoms in total. The second kappa shape index (κ2) is 4.23. The van der Waals surface area contributed by atoms with Gasteiger partial charge in [-0.2, -0.15) is 13.2 Å². The predicted octanol–water partition coefficient (Wildman–Crippen LogP) is 2.84. The number of rotatable bonds is 0. The number of nitrogens with one attached hydrogen (secondary N) is 1. The van der Waals surface area contributed by atoms with E-state index in [0.29, 0.717) is 5.52 Å². The van der Waals surface area contributed by atoms with E-state index in [1.807, 2.05) is 0 Å². The minimum Gasteiger partial charge on any atom is -0.433 e. The summed E-state index contributed by atoms with van der Waals surface area (Å²) in [5.74, 6) is -1.16. The fourth-order valence-corrected chi connectivity index (χ4v) is 2.58. The first-order valence-corrected chi connectivity index (χ1v) is 6.16. The number of hydrogen-bond donors (Lipinski definition) is 1. The number of nitrogens with zero attached hydrogens (tertiary/aromatic N) is 1. The van der Waals surface area contributed by atoms with Crippen molar-refractivity contribution in [2.24, 2.45) is 0 Å². The normalized spacial score (nSPS) is 16.4. The highest BCUT2D eigenvalue weighted by Gasteiger charge is 2.38. The van der Waals surface area contributed by atoms with Gasteiger partial charge >= 0.3 is 12.1 Å². The van der Waals surface area contributed by atoms with Crippen molar-refractivity contribution in [2.75, 3.05) is 13.1 Å². The smallest absolute Gasteiger partial charge is 0.433 e. The fraction of sp³-hybridized carbons (Fsp3) is 0.462. The summed E-state index contributed by atoms with van der Waals surface area (Å²) >= 11 is 0. The van der Waals surface area contributed by atoms with E-state index in [9.17, 15) is 13.2 Å². The summed E-state index contributed by atoms with van der Waals surface area (Å²) in [4.78, 5) is 3.57. The van der Waals surface area contributed by atoms with Gasteiger partial charge in [-0.15, -0.1) is 0 Å². The highest BCUT2D eigenvalue weighted by atomic mass is 19.4. The van der Waals surface area contributed by atoms with E-state index < -0.39 is 12.1 Å². The maximum atomic E-state index is 12.6. The third-order valence-electron chi connectivity index (χ3n) is 3.51.